The van der Waals surface area contributed by atoms with E-state index in [1.165, 1.54) is 0 Å². The van der Waals surface area contributed by atoms with Gasteiger partial charge in [-0.05, 0) is 19.4 Å². The molecule has 5 nitrogen and oxygen atoms in total. The lowest BCUT2D eigenvalue weighted by Crippen LogP contribution is -2.46. The Morgan fingerprint density at radius 3 is 3.39 bits per heavy atom. The van der Waals surface area contributed by atoms with Gasteiger partial charge in [0.25, 0.3) is 0 Å². The molecule has 1 fully saturated rings. The van der Waals surface area contributed by atoms with Gasteiger partial charge in [0.15, 0.2) is 4.96 Å². The minimum Gasteiger partial charge on any atom is -0.352 e. The highest BCUT2D eigenvalue weighted by Crippen LogP contribution is 2.11. The van der Waals surface area contributed by atoms with Crippen LogP contribution in [0.1, 0.15) is 18.5 Å². The number of piperidine rings is 1. The summed E-state index contributed by atoms with van der Waals surface area (Å²) in [4.78, 5) is 17.2. The minimum absolute atomic E-state index is 0.0643. The minimum atomic E-state index is 0.0643. The van der Waals surface area contributed by atoms with Crippen LogP contribution in [0.15, 0.2) is 17.8 Å². The molecule has 1 aliphatic rings. The number of fused-ring (bicyclic) bond motifs is 1. The smallest absolute Gasteiger partial charge is 0.226 e. The molecular formula is C12H16N4OS. The van der Waals surface area contributed by atoms with Gasteiger partial charge in [-0.2, -0.15) is 0 Å². The average molecular weight is 264 g/mol. The zero-order valence-corrected chi connectivity index (χ0v) is 10.9. The van der Waals surface area contributed by atoms with E-state index in [0.29, 0.717) is 6.42 Å². The van der Waals surface area contributed by atoms with Crippen molar-refractivity contribution in [2.75, 3.05) is 13.1 Å². The van der Waals surface area contributed by atoms with Crippen LogP contribution in [0.2, 0.25) is 0 Å². The zero-order valence-electron chi connectivity index (χ0n) is 10.1. The second kappa shape index (κ2) is 5.07. The molecule has 1 amide bonds. The molecule has 18 heavy (non-hydrogen) atoms. The van der Waals surface area contributed by atoms with Crippen molar-refractivity contribution in [1.29, 1.82) is 0 Å². The van der Waals surface area contributed by atoms with Crippen molar-refractivity contribution < 1.29 is 4.79 Å². The first-order valence-electron chi connectivity index (χ1n) is 6.22. The number of imidazole rings is 1. The highest BCUT2D eigenvalue weighted by molar-refractivity contribution is 7.15. The van der Waals surface area contributed by atoms with Gasteiger partial charge in [-0.3, -0.25) is 9.20 Å². The molecule has 2 aromatic rings. The van der Waals surface area contributed by atoms with E-state index >= 15 is 0 Å². The Hall–Kier alpha value is -1.40. The summed E-state index contributed by atoms with van der Waals surface area (Å²) in [5.74, 6) is 0.0643. The molecule has 0 aliphatic carbocycles. The summed E-state index contributed by atoms with van der Waals surface area (Å²) in [5, 5.41) is 8.33. The molecule has 3 rings (SSSR count). The summed E-state index contributed by atoms with van der Waals surface area (Å²) in [6.07, 6.45) is 6.44. The zero-order chi connectivity index (χ0) is 12.4. The maximum atomic E-state index is 11.9. The summed E-state index contributed by atoms with van der Waals surface area (Å²) < 4.78 is 1.95. The molecule has 0 bridgehead atoms. The van der Waals surface area contributed by atoms with Crippen molar-refractivity contribution in [2.45, 2.75) is 25.3 Å². The maximum Gasteiger partial charge on any atom is 0.226 e. The number of aromatic nitrogens is 2. The molecule has 0 saturated carbocycles. The molecule has 2 aromatic heterocycles. The highest BCUT2D eigenvalue weighted by atomic mass is 32.1. The number of thiazole rings is 1. The van der Waals surface area contributed by atoms with E-state index in [2.05, 4.69) is 15.6 Å². The summed E-state index contributed by atoms with van der Waals surface area (Å²) >= 11 is 1.58. The lowest BCUT2D eigenvalue weighted by molar-refractivity contribution is -0.121. The number of amides is 1. The molecule has 6 heteroatoms. The van der Waals surface area contributed by atoms with Gasteiger partial charge < -0.3 is 10.6 Å². The summed E-state index contributed by atoms with van der Waals surface area (Å²) in [7, 11) is 0. The Bertz CT molecular complexity index is 513. The average Bonchev–Trinajstić information content (AvgIpc) is 2.90. The Balaban J connectivity index is 1.58. The van der Waals surface area contributed by atoms with E-state index in [9.17, 15) is 4.79 Å². The lowest BCUT2D eigenvalue weighted by Gasteiger charge is -2.23. The van der Waals surface area contributed by atoms with E-state index in [1.807, 2.05) is 22.2 Å². The van der Waals surface area contributed by atoms with Crippen LogP contribution in [0.3, 0.4) is 0 Å². The molecule has 96 valence electrons. The van der Waals surface area contributed by atoms with Gasteiger partial charge in [0.2, 0.25) is 5.91 Å². The van der Waals surface area contributed by atoms with E-state index < -0.39 is 0 Å². The topological polar surface area (TPSA) is 58.4 Å². The molecule has 0 spiro atoms. The van der Waals surface area contributed by atoms with E-state index in [0.717, 1.165) is 36.6 Å². The fourth-order valence-corrected chi connectivity index (χ4v) is 3.00. The van der Waals surface area contributed by atoms with E-state index in [4.69, 9.17) is 0 Å². The van der Waals surface area contributed by atoms with Gasteiger partial charge >= 0.3 is 0 Å². The number of nitrogens with zero attached hydrogens (tertiary/aromatic N) is 2. The largest absolute Gasteiger partial charge is 0.352 e. The van der Waals surface area contributed by atoms with Gasteiger partial charge in [-0.15, -0.1) is 11.3 Å². The predicted molar refractivity (Wildman–Crippen MR) is 70.8 cm³/mol. The number of hydrogen-bond acceptors (Lipinski definition) is 4. The Kier molecular flexibility index (Phi) is 3.29. The van der Waals surface area contributed by atoms with E-state index in [1.54, 1.807) is 11.3 Å². The van der Waals surface area contributed by atoms with Gasteiger partial charge in [-0.25, -0.2) is 4.98 Å². The number of carbonyl (C=O) groups is 1. The number of rotatable bonds is 3. The van der Waals surface area contributed by atoms with Crippen LogP contribution in [0.5, 0.6) is 0 Å². The summed E-state index contributed by atoms with van der Waals surface area (Å²) in [5.41, 5.74) is 0.836. The number of hydrogen-bond donors (Lipinski definition) is 2. The number of nitrogens with one attached hydrogen (secondary N) is 2. The van der Waals surface area contributed by atoms with Crippen molar-refractivity contribution in [1.82, 2.24) is 20.0 Å². The molecule has 3 heterocycles. The van der Waals surface area contributed by atoms with Crippen LogP contribution in [-0.4, -0.2) is 34.4 Å². The third kappa shape index (κ3) is 2.54. The van der Waals surface area contributed by atoms with Gasteiger partial charge in [0, 0.05) is 30.4 Å². The molecular weight excluding hydrogens is 248 g/mol. The molecule has 0 aromatic carbocycles. The molecule has 0 radical (unpaired) electrons. The Morgan fingerprint density at radius 1 is 1.67 bits per heavy atom. The number of carbonyl (C=O) groups excluding carboxylic acids is 1. The van der Waals surface area contributed by atoms with Gasteiger partial charge in [0.1, 0.15) is 0 Å². The van der Waals surface area contributed by atoms with E-state index in [-0.39, 0.29) is 11.9 Å². The molecule has 0 unspecified atom stereocenters. The second-order valence-corrected chi connectivity index (χ2v) is 5.49. The third-order valence-electron chi connectivity index (χ3n) is 3.15. The first-order valence-corrected chi connectivity index (χ1v) is 7.10. The normalized spacial score (nSPS) is 20.1. The highest BCUT2D eigenvalue weighted by Gasteiger charge is 2.16. The monoisotopic (exact) mass is 264 g/mol. The first-order chi connectivity index (χ1) is 8.81. The lowest BCUT2D eigenvalue weighted by atomic mass is 10.1. The third-order valence-corrected chi connectivity index (χ3v) is 3.92. The SMILES string of the molecule is O=C(Cc1cn2ccsc2n1)N[C@H]1CCCNC1. The Labute approximate surface area is 109 Å². The standard InChI is InChI=1S/C12H16N4OS/c17-11(14-9-2-1-3-13-7-9)6-10-8-16-4-5-18-12(16)15-10/h4-5,8-9,13H,1-3,6-7H2,(H,14,17)/t9-/m0/s1. The molecule has 1 atom stereocenters. The predicted octanol–water partition coefficient (Wildman–Crippen LogP) is 0.806. The van der Waals surface area contributed by atoms with Crippen LogP contribution < -0.4 is 10.6 Å². The molecule has 1 aliphatic heterocycles. The maximum absolute atomic E-state index is 11.9. The van der Waals surface area contributed by atoms with Crippen LogP contribution >= 0.6 is 11.3 Å². The molecule has 2 N–H and O–H groups in total. The van der Waals surface area contributed by atoms with Crippen LogP contribution in [0.4, 0.5) is 0 Å². The first kappa shape index (κ1) is 11.7. The van der Waals surface area contributed by atoms with Crippen molar-refractivity contribution in [3.63, 3.8) is 0 Å². The quantitative estimate of drug-likeness (QED) is 0.862. The second-order valence-electron chi connectivity index (χ2n) is 4.61. The Morgan fingerprint density at radius 2 is 2.61 bits per heavy atom. The molecule has 1 saturated heterocycles. The fourth-order valence-electron chi connectivity index (χ4n) is 2.28. The summed E-state index contributed by atoms with van der Waals surface area (Å²) in [6, 6.07) is 0.273. The van der Waals surface area contributed by atoms with Gasteiger partial charge in [-0.1, -0.05) is 0 Å². The van der Waals surface area contributed by atoms with Crippen LogP contribution in [0, 0.1) is 0 Å². The van der Waals surface area contributed by atoms with Crippen molar-refractivity contribution in [3.05, 3.63) is 23.5 Å². The van der Waals surface area contributed by atoms with Crippen molar-refractivity contribution >= 4 is 22.2 Å². The van der Waals surface area contributed by atoms with Crippen molar-refractivity contribution in [2.24, 2.45) is 0 Å². The van der Waals surface area contributed by atoms with Crippen molar-refractivity contribution in [3.8, 4) is 0 Å². The van der Waals surface area contributed by atoms with Crippen LogP contribution in [0.25, 0.3) is 4.96 Å². The van der Waals surface area contributed by atoms with Crippen LogP contribution in [-0.2, 0) is 11.2 Å². The summed E-state index contributed by atoms with van der Waals surface area (Å²) in [6.45, 7) is 1.94. The fraction of sp³-hybridized carbons (Fsp3) is 0.500. The van der Waals surface area contributed by atoms with Gasteiger partial charge in [0.05, 0.1) is 12.1 Å².